The van der Waals surface area contributed by atoms with Crippen LogP contribution in [0.25, 0.3) is 0 Å². The van der Waals surface area contributed by atoms with Crippen LogP contribution in [0, 0.1) is 13.8 Å². The standard InChI is InChI=1S/C26H40N2O5S2/c1-23-9-7-11-25(21-23)31-17-5-3-13-27-15-19-33-35(29,30)34-20-16-28-14-4-6-18-32-26-12-8-10-24(2)22-26/h7-12,21-22,27-28H,3-6,13-20H2,1-2H3. The van der Waals surface area contributed by atoms with E-state index in [0.29, 0.717) is 32.1 Å². The van der Waals surface area contributed by atoms with Crippen LogP contribution in [0.4, 0.5) is 0 Å². The highest BCUT2D eigenvalue weighted by molar-refractivity contribution is 8.70. The van der Waals surface area contributed by atoms with E-state index >= 15 is 0 Å². The lowest BCUT2D eigenvalue weighted by atomic mass is 10.2. The van der Waals surface area contributed by atoms with Crippen LogP contribution in [0.3, 0.4) is 0 Å². The first-order chi connectivity index (χ1) is 16.9. The highest BCUT2D eigenvalue weighted by atomic mass is 33.1. The number of hydrogen-bond donors (Lipinski definition) is 2. The predicted octanol–water partition coefficient (Wildman–Crippen LogP) is 4.50. The van der Waals surface area contributed by atoms with E-state index < -0.39 is 9.15 Å². The van der Waals surface area contributed by atoms with Gasteiger partial charge in [-0.3, -0.25) is 4.18 Å². The molecular formula is C26H40N2O5S2. The average Bonchev–Trinajstić information content (AvgIpc) is 2.82. The van der Waals surface area contributed by atoms with Gasteiger partial charge in [-0.1, -0.05) is 24.3 Å². The van der Waals surface area contributed by atoms with Gasteiger partial charge in [0.2, 0.25) is 0 Å². The molecule has 0 unspecified atom stereocenters. The SMILES string of the molecule is Cc1cccc(OCCCCNCCOS(=O)(=O)SCCNCCCCOc2cccc(C)c2)c1. The summed E-state index contributed by atoms with van der Waals surface area (Å²) in [6.45, 7) is 8.33. The number of aryl methyl sites for hydroxylation is 2. The Morgan fingerprint density at radius 3 is 1.80 bits per heavy atom. The van der Waals surface area contributed by atoms with E-state index in [2.05, 4.69) is 10.6 Å². The number of benzene rings is 2. The van der Waals surface area contributed by atoms with Crippen LogP contribution in [-0.2, 0) is 13.3 Å². The Bertz CT molecular complexity index is 871. The molecule has 0 saturated heterocycles. The zero-order valence-corrected chi connectivity index (χ0v) is 22.6. The third-order valence-electron chi connectivity index (χ3n) is 5.03. The van der Waals surface area contributed by atoms with Gasteiger partial charge in [-0.2, -0.15) is 8.42 Å². The lowest BCUT2D eigenvalue weighted by Crippen LogP contribution is -2.23. The first kappa shape index (κ1) is 29.5. The molecule has 35 heavy (non-hydrogen) atoms. The second-order valence-electron chi connectivity index (χ2n) is 8.30. The Morgan fingerprint density at radius 1 is 0.714 bits per heavy atom. The van der Waals surface area contributed by atoms with E-state index in [9.17, 15) is 8.42 Å². The number of hydrogen-bond acceptors (Lipinski definition) is 8. The lowest BCUT2D eigenvalue weighted by Gasteiger charge is -2.09. The third kappa shape index (κ3) is 15.0. The zero-order valence-electron chi connectivity index (χ0n) is 21.0. The number of rotatable bonds is 20. The molecule has 2 rings (SSSR count). The average molecular weight is 525 g/mol. The number of ether oxygens (including phenoxy) is 2. The van der Waals surface area contributed by atoms with Crippen LogP contribution in [-0.4, -0.2) is 60.2 Å². The van der Waals surface area contributed by atoms with Crippen LogP contribution in [0.5, 0.6) is 11.5 Å². The predicted molar refractivity (Wildman–Crippen MR) is 145 cm³/mol. The zero-order chi connectivity index (χ0) is 25.2. The molecule has 0 aliphatic rings. The molecule has 0 bridgehead atoms. The number of nitrogens with one attached hydrogen (secondary N) is 2. The van der Waals surface area contributed by atoms with Crippen molar-refractivity contribution in [2.75, 3.05) is 51.8 Å². The molecule has 0 amide bonds. The molecule has 0 aliphatic heterocycles. The molecule has 0 aliphatic carbocycles. The van der Waals surface area contributed by atoms with Crippen molar-refractivity contribution in [1.29, 1.82) is 0 Å². The molecule has 2 aromatic rings. The molecule has 0 fully saturated rings. The molecule has 196 valence electrons. The van der Waals surface area contributed by atoms with Crippen molar-refractivity contribution in [3.8, 4) is 11.5 Å². The summed E-state index contributed by atoms with van der Waals surface area (Å²) in [7, 11) is -2.72. The van der Waals surface area contributed by atoms with Crippen molar-refractivity contribution in [3.63, 3.8) is 0 Å². The van der Waals surface area contributed by atoms with E-state index in [4.69, 9.17) is 13.7 Å². The van der Waals surface area contributed by atoms with Gasteiger partial charge in [-0.05, 0) is 98.8 Å². The van der Waals surface area contributed by atoms with Crippen molar-refractivity contribution >= 4 is 19.9 Å². The molecule has 0 aromatic heterocycles. The molecule has 2 aromatic carbocycles. The maximum Gasteiger partial charge on any atom is 0.322 e. The van der Waals surface area contributed by atoms with Crippen LogP contribution in [0.1, 0.15) is 36.8 Å². The van der Waals surface area contributed by atoms with Crippen molar-refractivity contribution < 1.29 is 22.1 Å². The maximum absolute atomic E-state index is 11.9. The van der Waals surface area contributed by atoms with Crippen molar-refractivity contribution in [2.24, 2.45) is 0 Å². The fraction of sp³-hybridized carbons (Fsp3) is 0.538. The highest BCUT2D eigenvalue weighted by Gasteiger charge is 2.11. The quantitative estimate of drug-likeness (QED) is 0.194. The molecule has 0 atom stereocenters. The maximum atomic E-state index is 11.9. The van der Waals surface area contributed by atoms with E-state index in [1.54, 1.807) is 0 Å². The van der Waals surface area contributed by atoms with Crippen LogP contribution >= 0.6 is 10.8 Å². The second kappa shape index (κ2) is 17.6. The molecule has 2 N–H and O–H groups in total. The Labute approximate surface area is 214 Å². The summed E-state index contributed by atoms with van der Waals surface area (Å²) in [4.78, 5) is 0. The van der Waals surface area contributed by atoms with Gasteiger partial charge in [0.15, 0.2) is 0 Å². The monoisotopic (exact) mass is 524 g/mol. The minimum atomic E-state index is -3.56. The van der Waals surface area contributed by atoms with Gasteiger partial charge in [0.25, 0.3) is 0 Å². The summed E-state index contributed by atoms with van der Waals surface area (Å²) in [5.74, 6) is 2.25. The van der Waals surface area contributed by atoms with Crippen molar-refractivity contribution in [2.45, 2.75) is 39.5 Å². The highest BCUT2D eigenvalue weighted by Crippen LogP contribution is 2.14. The van der Waals surface area contributed by atoms with Gasteiger partial charge < -0.3 is 20.1 Å². The summed E-state index contributed by atoms with van der Waals surface area (Å²) in [6.07, 6.45) is 3.81. The van der Waals surface area contributed by atoms with Crippen molar-refractivity contribution in [3.05, 3.63) is 59.7 Å². The third-order valence-corrected chi connectivity index (χ3v) is 7.79. The van der Waals surface area contributed by atoms with Crippen molar-refractivity contribution in [1.82, 2.24) is 10.6 Å². The van der Waals surface area contributed by atoms with Gasteiger partial charge in [0.05, 0.1) is 19.8 Å². The largest absolute Gasteiger partial charge is 0.494 e. The molecule has 0 heterocycles. The smallest absolute Gasteiger partial charge is 0.322 e. The Hall–Kier alpha value is -1.78. The number of unbranched alkanes of at least 4 members (excludes halogenated alkanes) is 2. The van der Waals surface area contributed by atoms with Gasteiger partial charge in [-0.15, -0.1) is 0 Å². The fourth-order valence-corrected chi connectivity index (χ4v) is 5.27. The Morgan fingerprint density at radius 2 is 1.26 bits per heavy atom. The molecule has 0 radical (unpaired) electrons. The van der Waals surface area contributed by atoms with Crippen LogP contribution < -0.4 is 20.1 Å². The summed E-state index contributed by atoms with van der Waals surface area (Å²) in [6, 6.07) is 16.0. The van der Waals surface area contributed by atoms with E-state index in [1.165, 1.54) is 11.1 Å². The first-order valence-corrected chi connectivity index (χ1v) is 15.2. The first-order valence-electron chi connectivity index (χ1n) is 12.3. The normalized spacial score (nSPS) is 11.5. The molecular weight excluding hydrogens is 484 g/mol. The van der Waals surface area contributed by atoms with E-state index in [1.807, 2.05) is 62.4 Å². The summed E-state index contributed by atoms with van der Waals surface area (Å²) < 4.78 is 40.4. The van der Waals surface area contributed by atoms with Gasteiger partial charge in [-0.25, -0.2) is 0 Å². The van der Waals surface area contributed by atoms with Crippen LogP contribution in [0.15, 0.2) is 48.5 Å². The molecule has 0 saturated carbocycles. The summed E-state index contributed by atoms with van der Waals surface area (Å²) in [5, 5.41) is 6.46. The van der Waals surface area contributed by atoms with Gasteiger partial charge in [0.1, 0.15) is 11.5 Å². The minimum absolute atomic E-state index is 0.142. The van der Waals surface area contributed by atoms with Gasteiger partial charge in [0, 0.05) is 18.8 Å². The summed E-state index contributed by atoms with van der Waals surface area (Å²) >= 11 is 0. The Balaban J connectivity index is 1.35. The molecule has 0 spiro atoms. The van der Waals surface area contributed by atoms with Gasteiger partial charge >= 0.3 is 9.15 Å². The second-order valence-corrected chi connectivity index (χ2v) is 11.9. The lowest BCUT2D eigenvalue weighted by molar-refractivity contribution is 0.301. The summed E-state index contributed by atoms with van der Waals surface area (Å²) in [5.41, 5.74) is 2.37. The minimum Gasteiger partial charge on any atom is -0.494 e. The Kier molecular flexibility index (Phi) is 14.8. The van der Waals surface area contributed by atoms with E-state index in [-0.39, 0.29) is 6.61 Å². The fourth-order valence-electron chi connectivity index (χ4n) is 3.21. The van der Waals surface area contributed by atoms with Crippen LogP contribution in [0.2, 0.25) is 0 Å². The molecule has 7 nitrogen and oxygen atoms in total. The molecule has 9 heteroatoms. The topological polar surface area (TPSA) is 85.9 Å². The van der Waals surface area contributed by atoms with E-state index in [0.717, 1.165) is 61.1 Å².